The van der Waals surface area contributed by atoms with E-state index in [-0.39, 0.29) is 5.41 Å². The van der Waals surface area contributed by atoms with Crippen LogP contribution in [0.3, 0.4) is 0 Å². The maximum atomic E-state index is 4.17. The molecule has 1 aromatic heterocycles. The number of nitrogens with zero attached hydrogens (tertiary/aromatic N) is 1. The Bertz CT molecular complexity index is 423. The molecule has 0 aliphatic heterocycles. The minimum Gasteiger partial charge on any atom is -0.200 e. The molecule has 2 heteroatoms. The number of aromatic nitrogens is 1. The summed E-state index contributed by atoms with van der Waals surface area (Å²) in [5.41, 5.74) is 1.61. The normalized spacial score (nSPS) is 12.2. The Morgan fingerprint density at radius 3 is 2.69 bits per heavy atom. The SMILES string of the molecule is CC(C)(C)c1ccc2cnsc2c1. The van der Waals surface area contributed by atoms with Crippen molar-refractivity contribution in [2.24, 2.45) is 0 Å². The molecular weight excluding hydrogens is 178 g/mol. The quantitative estimate of drug-likeness (QED) is 0.620. The van der Waals surface area contributed by atoms with Gasteiger partial charge in [0.15, 0.2) is 0 Å². The van der Waals surface area contributed by atoms with Gasteiger partial charge in [-0.2, -0.15) is 4.37 Å². The molecule has 0 aliphatic carbocycles. The summed E-state index contributed by atoms with van der Waals surface area (Å²) in [4.78, 5) is 0. The lowest BCUT2D eigenvalue weighted by atomic mass is 9.87. The zero-order valence-electron chi connectivity index (χ0n) is 8.16. The number of benzene rings is 1. The zero-order valence-corrected chi connectivity index (χ0v) is 8.98. The van der Waals surface area contributed by atoms with Gasteiger partial charge < -0.3 is 0 Å². The maximum absolute atomic E-state index is 4.17. The first-order valence-electron chi connectivity index (χ1n) is 4.42. The van der Waals surface area contributed by atoms with Gasteiger partial charge in [-0.15, -0.1) is 0 Å². The van der Waals surface area contributed by atoms with Crippen LogP contribution < -0.4 is 0 Å². The fourth-order valence-electron chi connectivity index (χ4n) is 1.33. The molecule has 0 amide bonds. The third kappa shape index (κ3) is 1.59. The predicted molar refractivity (Wildman–Crippen MR) is 58.3 cm³/mol. The molecule has 0 bridgehead atoms. The molecule has 2 rings (SSSR count). The summed E-state index contributed by atoms with van der Waals surface area (Å²) in [5.74, 6) is 0. The Kier molecular flexibility index (Phi) is 1.88. The molecule has 13 heavy (non-hydrogen) atoms. The molecule has 0 radical (unpaired) electrons. The minimum atomic E-state index is 0.234. The molecule has 1 aromatic carbocycles. The summed E-state index contributed by atoms with van der Waals surface area (Å²) in [6.07, 6.45) is 1.92. The second-order valence-electron chi connectivity index (χ2n) is 4.33. The molecular formula is C11H13NS. The minimum absolute atomic E-state index is 0.234. The third-order valence-corrected chi connectivity index (χ3v) is 2.98. The highest BCUT2D eigenvalue weighted by Gasteiger charge is 2.13. The molecule has 1 heterocycles. The topological polar surface area (TPSA) is 12.9 Å². The van der Waals surface area contributed by atoms with Crippen molar-refractivity contribution in [2.75, 3.05) is 0 Å². The second kappa shape index (κ2) is 2.81. The lowest BCUT2D eigenvalue weighted by molar-refractivity contribution is 0.591. The fourth-order valence-corrected chi connectivity index (χ4v) is 2.01. The van der Waals surface area contributed by atoms with Crippen LogP contribution in [0, 0.1) is 0 Å². The van der Waals surface area contributed by atoms with Crippen LogP contribution in [0.15, 0.2) is 24.4 Å². The highest BCUT2D eigenvalue weighted by atomic mass is 32.1. The standard InChI is InChI=1S/C11H13NS/c1-11(2,3)9-5-4-8-7-12-13-10(8)6-9/h4-7H,1-3H3. The van der Waals surface area contributed by atoms with E-state index in [9.17, 15) is 0 Å². The first kappa shape index (κ1) is 8.70. The highest BCUT2D eigenvalue weighted by Crippen LogP contribution is 2.27. The van der Waals surface area contributed by atoms with E-state index in [0.717, 1.165) is 0 Å². The number of hydrogen-bond donors (Lipinski definition) is 0. The Hall–Kier alpha value is -0.890. The molecule has 1 nitrogen and oxygen atoms in total. The van der Waals surface area contributed by atoms with Gasteiger partial charge in [0.25, 0.3) is 0 Å². The molecule has 2 aromatic rings. The van der Waals surface area contributed by atoms with Crippen LogP contribution in [0.1, 0.15) is 26.3 Å². The van der Waals surface area contributed by atoms with Crippen LogP contribution in [0.2, 0.25) is 0 Å². The van der Waals surface area contributed by atoms with E-state index in [1.807, 2.05) is 6.20 Å². The van der Waals surface area contributed by atoms with Gasteiger partial charge in [-0.25, -0.2) is 0 Å². The molecule has 0 N–H and O–H groups in total. The first-order chi connectivity index (χ1) is 6.07. The largest absolute Gasteiger partial charge is 0.200 e. The van der Waals surface area contributed by atoms with Crippen LogP contribution in [0.25, 0.3) is 10.1 Å². The van der Waals surface area contributed by atoms with Crippen LogP contribution in [0.5, 0.6) is 0 Å². The van der Waals surface area contributed by atoms with E-state index in [2.05, 4.69) is 43.3 Å². The lowest BCUT2D eigenvalue weighted by Gasteiger charge is -2.18. The van der Waals surface area contributed by atoms with Crippen molar-refractivity contribution in [3.63, 3.8) is 0 Å². The average Bonchev–Trinajstić information content (AvgIpc) is 2.47. The van der Waals surface area contributed by atoms with Crippen molar-refractivity contribution in [3.05, 3.63) is 30.0 Å². The number of hydrogen-bond acceptors (Lipinski definition) is 2. The number of fused-ring (bicyclic) bond motifs is 1. The fraction of sp³-hybridized carbons (Fsp3) is 0.364. The van der Waals surface area contributed by atoms with Crippen molar-refractivity contribution < 1.29 is 0 Å². The number of rotatable bonds is 0. The molecule has 0 saturated heterocycles. The van der Waals surface area contributed by atoms with Gasteiger partial charge in [0.2, 0.25) is 0 Å². The van der Waals surface area contributed by atoms with Gasteiger partial charge in [-0.3, -0.25) is 0 Å². The van der Waals surface area contributed by atoms with Gasteiger partial charge in [0.05, 0.1) is 4.70 Å². The average molecular weight is 191 g/mol. The monoisotopic (exact) mass is 191 g/mol. The van der Waals surface area contributed by atoms with Gasteiger partial charge in [0.1, 0.15) is 0 Å². The van der Waals surface area contributed by atoms with E-state index >= 15 is 0 Å². The van der Waals surface area contributed by atoms with Crippen LogP contribution in [-0.2, 0) is 5.41 Å². The van der Waals surface area contributed by atoms with Crippen molar-refractivity contribution in [3.8, 4) is 0 Å². The highest BCUT2D eigenvalue weighted by molar-refractivity contribution is 7.13. The van der Waals surface area contributed by atoms with Crippen molar-refractivity contribution in [1.82, 2.24) is 4.37 Å². The summed E-state index contributed by atoms with van der Waals surface area (Å²) in [7, 11) is 0. The molecule has 0 saturated carbocycles. The summed E-state index contributed by atoms with van der Waals surface area (Å²) >= 11 is 1.57. The van der Waals surface area contributed by atoms with Gasteiger partial charge in [0, 0.05) is 11.6 Å². The van der Waals surface area contributed by atoms with Crippen molar-refractivity contribution in [1.29, 1.82) is 0 Å². The molecule has 68 valence electrons. The van der Waals surface area contributed by atoms with E-state index in [1.54, 1.807) is 11.5 Å². The Morgan fingerprint density at radius 1 is 1.23 bits per heavy atom. The van der Waals surface area contributed by atoms with Gasteiger partial charge in [-0.1, -0.05) is 32.9 Å². The van der Waals surface area contributed by atoms with Crippen molar-refractivity contribution in [2.45, 2.75) is 26.2 Å². The Morgan fingerprint density at radius 2 is 2.00 bits per heavy atom. The molecule has 0 fully saturated rings. The zero-order chi connectivity index (χ0) is 9.47. The molecule has 0 atom stereocenters. The van der Waals surface area contributed by atoms with Crippen molar-refractivity contribution >= 4 is 21.6 Å². The Balaban J connectivity index is 2.61. The van der Waals surface area contributed by atoms with Crippen LogP contribution >= 0.6 is 11.5 Å². The third-order valence-electron chi connectivity index (χ3n) is 2.22. The van der Waals surface area contributed by atoms with Gasteiger partial charge >= 0.3 is 0 Å². The van der Waals surface area contributed by atoms with Crippen LogP contribution in [-0.4, -0.2) is 4.37 Å². The van der Waals surface area contributed by atoms with E-state index in [1.165, 1.54) is 15.6 Å². The Labute approximate surface area is 82.6 Å². The molecule has 0 unspecified atom stereocenters. The molecule has 0 aliphatic rings. The molecule has 0 spiro atoms. The summed E-state index contributed by atoms with van der Waals surface area (Å²) in [6, 6.07) is 6.59. The predicted octanol–water partition coefficient (Wildman–Crippen LogP) is 3.59. The smallest absolute Gasteiger partial charge is 0.0552 e. The summed E-state index contributed by atoms with van der Waals surface area (Å²) in [5, 5.41) is 1.25. The van der Waals surface area contributed by atoms with E-state index < -0.39 is 0 Å². The first-order valence-corrected chi connectivity index (χ1v) is 5.20. The second-order valence-corrected chi connectivity index (χ2v) is 5.16. The summed E-state index contributed by atoms with van der Waals surface area (Å²) < 4.78 is 5.45. The lowest BCUT2D eigenvalue weighted by Crippen LogP contribution is -2.10. The van der Waals surface area contributed by atoms with Crippen LogP contribution in [0.4, 0.5) is 0 Å². The van der Waals surface area contributed by atoms with E-state index in [4.69, 9.17) is 0 Å². The maximum Gasteiger partial charge on any atom is 0.0552 e. The van der Waals surface area contributed by atoms with Gasteiger partial charge in [-0.05, 0) is 28.6 Å². The van der Waals surface area contributed by atoms with E-state index in [0.29, 0.717) is 0 Å². The summed E-state index contributed by atoms with van der Waals surface area (Å²) in [6.45, 7) is 6.69.